The van der Waals surface area contributed by atoms with E-state index in [0.29, 0.717) is 0 Å². The van der Waals surface area contributed by atoms with Gasteiger partial charge in [-0.2, -0.15) is 0 Å². The summed E-state index contributed by atoms with van der Waals surface area (Å²) >= 11 is 0. The molecule has 3 aliphatic rings. The number of benzene rings is 6. The molecule has 3 aliphatic heterocycles. The number of carbonyl (C=O) groups is 3. The van der Waals surface area contributed by atoms with E-state index in [1.807, 2.05) is 152 Å². The van der Waals surface area contributed by atoms with Crippen LogP contribution in [0.25, 0.3) is 0 Å². The van der Waals surface area contributed by atoms with E-state index in [2.05, 4.69) is 0 Å². The third-order valence-corrected chi connectivity index (χ3v) is 12.0. The van der Waals surface area contributed by atoms with Crippen LogP contribution in [0.3, 0.4) is 0 Å². The van der Waals surface area contributed by atoms with E-state index in [1.165, 1.54) is 0 Å². The Morgan fingerprint density at radius 3 is 1.44 bits per heavy atom. The van der Waals surface area contributed by atoms with E-state index < -0.39 is 85.9 Å². The molecule has 0 N–H and O–H groups in total. The van der Waals surface area contributed by atoms with Crippen molar-refractivity contribution in [3.63, 3.8) is 0 Å². The van der Waals surface area contributed by atoms with Crippen molar-refractivity contribution < 1.29 is 66.5 Å². The zero-order chi connectivity index (χ0) is 47.9. The minimum atomic E-state index is -1.58. The SMILES string of the molecule is O=C1OC[C@H]2O[C@@H](O[C@H]3[C@H](OC1=O)[C@@H](OC(=O)c1ccccc1)[C@@H](OCc1ccccc1)O[C@@H]3COCc1ccccc1)[C@@H](OCc1ccccc1)[C@@H](OCc1ccccc1)[C@@H]2OCc1ccccc1. The molecule has 0 amide bonds. The first-order valence-electron chi connectivity index (χ1n) is 23.3. The number of rotatable bonds is 18. The second kappa shape index (κ2) is 24.3. The highest BCUT2D eigenvalue weighted by atomic mass is 16.8. The van der Waals surface area contributed by atoms with Gasteiger partial charge in [-0.05, 0) is 39.9 Å². The van der Waals surface area contributed by atoms with E-state index >= 15 is 0 Å². The fraction of sp³-hybridized carbons (Fsp3) is 0.304. The topological polar surface area (TPSA) is 153 Å². The Bertz CT molecular complexity index is 2540. The minimum Gasteiger partial charge on any atom is -0.454 e. The second-order valence-corrected chi connectivity index (χ2v) is 17.0. The van der Waals surface area contributed by atoms with Crippen molar-refractivity contribution in [3.05, 3.63) is 215 Å². The Labute approximate surface area is 406 Å². The van der Waals surface area contributed by atoms with Gasteiger partial charge in [-0.25, -0.2) is 14.4 Å². The minimum absolute atomic E-state index is 0.00430. The van der Waals surface area contributed by atoms with Crippen LogP contribution in [-0.2, 0) is 94.7 Å². The Balaban J connectivity index is 1.12. The van der Waals surface area contributed by atoms with Gasteiger partial charge >= 0.3 is 17.9 Å². The summed E-state index contributed by atoms with van der Waals surface area (Å²) in [7, 11) is 0. The molecular formula is C56H54O14. The second-order valence-electron chi connectivity index (χ2n) is 17.0. The highest BCUT2D eigenvalue weighted by Crippen LogP contribution is 2.37. The molecule has 6 aromatic rings. The average molecular weight is 951 g/mol. The molecule has 3 saturated heterocycles. The van der Waals surface area contributed by atoms with Crippen LogP contribution in [0.15, 0.2) is 182 Å². The van der Waals surface area contributed by atoms with Crippen LogP contribution >= 0.6 is 0 Å². The van der Waals surface area contributed by atoms with Gasteiger partial charge < -0.3 is 52.1 Å². The molecule has 70 heavy (non-hydrogen) atoms. The highest BCUT2D eigenvalue weighted by molar-refractivity contribution is 6.29. The number of hydrogen-bond acceptors (Lipinski definition) is 14. The lowest BCUT2D eigenvalue weighted by atomic mass is 9.95. The van der Waals surface area contributed by atoms with Gasteiger partial charge in [0.15, 0.2) is 24.8 Å². The third-order valence-electron chi connectivity index (χ3n) is 12.0. The van der Waals surface area contributed by atoms with Crippen molar-refractivity contribution in [1.29, 1.82) is 0 Å². The van der Waals surface area contributed by atoms with Crippen LogP contribution in [0.5, 0.6) is 0 Å². The van der Waals surface area contributed by atoms with Crippen LogP contribution in [0, 0.1) is 0 Å². The lowest BCUT2D eigenvalue weighted by Gasteiger charge is -2.49. The molecule has 9 rings (SSSR count). The molecule has 0 spiro atoms. The van der Waals surface area contributed by atoms with Gasteiger partial charge in [0.1, 0.15) is 43.2 Å². The summed E-state index contributed by atoms with van der Waals surface area (Å²) in [6.45, 7) is -0.0783. The van der Waals surface area contributed by atoms with Crippen molar-refractivity contribution in [3.8, 4) is 0 Å². The maximum atomic E-state index is 14.1. The van der Waals surface area contributed by atoms with Crippen LogP contribution in [0.2, 0.25) is 0 Å². The molecule has 3 heterocycles. The highest BCUT2D eigenvalue weighted by Gasteiger charge is 2.57. The number of fused-ring (bicyclic) bond motifs is 3. The predicted octanol–water partition coefficient (Wildman–Crippen LogP) is 7.71. The molecule has 0 aromatic heterocycles. The lowest BCUT2D eigenvalue weighted by Crippen LogP contribution is -2.66. The maximum Gasteiger partial charge on any atom is 0.417 e. The molecular weight excluding hydrogens is 897 g/mol. The van der Waals surface area contributed by atoms with Gasteiger partial charge in [0.05, 0.1) is 45.2 Å². The van der Waals surface area contributed by atoms with Crippen molar-refractivity contribution in [2.75, 3.05) is 13.2 Å². The molecule has 0 saturated carbocycles. The van der Waals surface area contributed by atoms with E-state index in [-0.39, 0.29) is 45.2 Å². The summed E-state index contributed by atoms with van der Waals surface area (Å²) in [6.07, 6.45) is -12.4. The smallest absolute Gasteiger partial charge is 0.417 e. The first-order chi connectivity index (χ1) is 34.4. The van der Waals surface area contributed by atoms with Gasteiger partial charge in [-0.15, -0.1) is 0 Å². The van der Waals surface area contributed by atoms with Crippen molar-refractivity contribution in [2.45, 2.75) is 94.4 Å². The van der Waals surface area contributed by atoms with Gasteiger partial charge in [0.2, 0.25) is 0 Å². The number of esters is 3. The van der Waals surface area contributed by atoms with Crippen LogP contribution < -0.4 is 0 Å². The number of carbonyl (C=O) groups excluding carboxylic acids is 3. The van der Waals surface area contributed by atoms with Crippen LogP contribution in [0.4, 0.5) is 0 Å². The van der Waals surface area contributed by atoms with Crippen molar-refractivity contribution >= 4 is 17.9 Å². The number of hydrogen-bond donors (Lipinski definition) is 0. The molecule has 0 aliphatic carbocycles. The lowest BCUT2D eigenvalue weighted by molar-refractivity contribution is -0.369. The quantitative estimate of drug-likeness (QED) is 0.0470. The van der Waals surface area contributed by atoms with E-state index in [0.717, 1.165) is 27.8 Å². The average Bonchev–Trinajstić information content (AvgIpc) is 3.43. The largest absolute Gasteiger partial charge is 0.454 e. The molecule has 6 aromatic carbocycles. The molecule has 2 bridgehead atoms. The molecule has 0 unspecified atom stereocenters. The van der Waals surface area contributed by atoms with Crippen molar-refractivity contribution in [2.24, 2.45) is 0 Å². The molecule has 10 atom stereocenters. The number of ether oxygens (including phenoxy) is 11. The summed E-state index contributed by atoms with van der Waals surface area (Å²) in [6, 6.07) is 55.9. The first-order valence-corrected chi connectivity index (χ1v) is 23.3. The van der Waals surface area contributed by atoms with Gasteiger partial charge in [0.25, 0.3) is 0 Å². The van der Waals surface area contributed by atoms with E-state index in [9.17, 15) is 14.4 Å². The van der Waals surface area contributed by atoms with Crippen LogP contribution in [0.1, 0.15) is 38.2 Å². The molecule has 14 heteroatoms. The fourth-order valence-electron chi connectivity index (χ4n) is 8.49. The monoisotopic (exact) mass is 950 g/mol. The molecule has 3 fully saturated rings. The predicted molar refractivity (Wildman–Crippen MR) is 251 cm³/mol. The van der Waals surface area contributed by atoms with E-state index in [1.54, 1.807) is 30.3 Å². The maximum absolute atomic E-state index is 14.1. The summed E-state index contributed by atoms with van der Waals surface area (Å²) < 4.78 is 71.9. The summed E-state index contributed by atoms with van der Waals surface area (Å²) in [5.74, 6) is -3.48. The zero-order valence-electron chi connectivity index (χ0n) is 38.3. The summed E-state index contributed by atoms with van der Waals surface area (Å²) in [5.41, 5.74) is 4.45. The Kier molecular flexibility index (Phi) is 16.8. The Morgan fingerprint density at radius 2 is 0.914 bits per heavy atom. The normalized spacial score (nSPS) is 25.6. The third kappa shape index (κ3) is 12.8. The van der Waals surface area contributed by atoms with Gasteiger partial charge in [0, 0.05) is 0 Å². The summed E-state index contributed by atoms with van der Waals surface area (Å²) in [4.78, 5) is 42.0. The Morgan fingerprint density at radius 1 is 0.457 bits per heavy atom. The van der Waals surface area contributed by atoms with E-state index in [4.69, 9.17) is 52.1 Å². The van der Waals surface area contributed by atoms with Crippen molar-refractivity contribution in [1.82, 2.24) is 0 Å². The summed E-state index contributed by atoms with van der Waals surface area (Å²) in [5, 5.41) is 0. The molecule has 14 nitrogen and oxygen atoms in total. The fourth-order valence-corrected chi connectivity index (χ4v) is 8.49. The first kappa shape index (κ1) is 48.4. The number of cyclic esters (lactones) is 1. The zero-order valence-corrected chi connectivity index (χ0v) is 38.3. The Hall–Kier alpha value is -6.59. The van der Waals surface area contributed by atoms with Crippen LogP contribution in [-0.4, -0.2) is 92.5 Å². The standard InChI is InChI=1S/C56H54O14/c57-52(43-29-17-6-18-30-43)69-51-49-47(44(36-60-31-38-19-7-1-8-20-38)66-55(51)65-35-42-27-15-5-16-28-42)70-56-50(63-34-41-25-13-4-14-26-41)48(62-33-40-23-11-3-12-24-40)46(61-32-39-21-9-2-10-22-39)45(67-56)37-64-53(58)54(59)68-49/h1-30,44-51,55-56H,31-37H2/t44-,45-,46-,47-,48+,49+,50+,51-,55+,56+/m1/s1. The molecule has 362 valence electrons. The van der Waals surface area contributed by atoms with Gasteiger partial charge in [-0.3, -0.25) is 0 Å². The van der Waals surface area contributed by atoms with Gasteiger partial charge in [-0.1, -0.05) is 170 Å². The molecule has 0 radical (unpaired) electrons.